The smallest absolute Gasteiger partial charge is 0.339 e. The minimum atomic E-state index is -0.824. The fourth-order valence-electron chi connectivity index (χ4n) is 2.19. The molecule has 0 radical (unpaired) electrons. The number of esters is 1. The van der Waals surface area contributed by atoms with Crippen LogP contribution in [0.25, 0.3) is 11.5 Å². The summed E-state index contributed by atoms with van der Waals surface area (Å²) < 4.78 is 10.8. The fourth-order valence-corrected chi connectivity index (χ4v) is 2.72. The van der Waals surface area contributed by atoms with Crippen LogP contribution in [-0.4, -0.2) is 21.1 Å². The standard InChI is InChI=1S/C17H11Cl2N3O5/c1-9(26-17(23)11-6-12(18)8-13(19)7-11)15-20-21-16(27-15)10-2-4-14(5-3-10)22(24)25/h2-9H,1H3/t9-/m1/s1. The summed E-state index contributed by atoms with van der Waals surface area (Å²) in [5.74, 6) is -0.430. The molecule has 1 heterocycles. The normalized spacial score (nSPS) is 11.8. The van der Waals surface area contributed by atoms with Crippen LogP contribution in [-0.2, 0) is 4.74 Å². The molecule has 8 nitrogen and oxygen atoms in total. The highest BCUT2D eigenvalue weighted by Gasteiger charge is 2.21. The van der Waals surface area contributed by atoms with E-state index in [1.807, 2.05) is 0 Å². The molecule has 0 bridgehead atoms. The van der Waals surface area contributed by atoms with E-state index in [1.54, 1.807) is 6.92 Å². The summed E-state index contributed by atoms with van der Waals surface area (Å²) in [6.07, 6.45) is -0.824. The Balaban J connectivity index is 1.73. The quantitative estimate of drug-likeness (QED) is 0.337. The van der Waals surface area contributed by atoms with E-state index >= 15 is 0 Å². The predicted octanol–water partition coefficient (Wildman–Crippen LogP) is 4.87. The molecule has 0 N–H and O–H groups in total. The topological polar surface area (TPSA) is 108 Å². The average molecular weight is 408 g/mol. The molecule has 3 aromatic rings. The first-order valence-electron chi connectivity index (χ1n) is 7.59. The lowest BCUT2D eigenvalue weighted by molar-refractivity contribution is -0.384. The molecule has 27 heavy (non-hydrogen) atoms. The second kappa shape index (κ2) is 7.73. The van der Waals surface area contributed by atoms with Gasteiger partial charge in [-0.2, -0.15) is 0 Å². The lowest BCUT2D eigenvalue weighted by atomic mass is 10.2. The number of carbonyl (C=O) groups excluding carboxylic acids is 1. The molecule has 3 rings (SSSR count). The number of rotatable bonds is 5. The van der Waals surface area contributed by atoms with E-state index in [4.69, 9.17) is 32.4 Å². The van der Waals surface area contributed by atoms with E-state index < -0.39 is 17.0 Å². The first kappa shape index (κ1) is 18.8. The molecule has 0 saturated heterocycles. The van der Waals surface area contributed by atoms with Crippen molar-refractivity contribution >= 4 is 34.9 Å². The summed E-state index contributed by atoms with van der Waals surface area (Å²) >= 11 is 11.7. The minimum absolute atomic E-state index is 0.0547. The zero-order valence-corrected chi connectivity index (χ0v) is 15.3. The Morgan fingerprint density at radius 1 is 1.15 bits per heavy atom. The molecule has 0 saturated carbocycles. The van der Waals surface area contributed by atoms with E-state index in [0.29, 0.717) is 15.6 Å². The Kier molecular flexibility index (Phi) is 5.38. The highest BCUT2D eigenvalue weighted by Crippen LogP contribution is 2.26. The number of nitro benzene ring substituents is 1. The number of hydrogen-bond donors (Lipinski definition) is 0. The summed E-state index contributed by atoms with van der Waals surface area (Å²) in [6.45, 7) is 1.57. The van der Waals surface area contributed by atoms with Crippen molar-refractivity contribution in [3.8, 4) is 11.5 Å². The number of nitro groups is 1. The second-order valence-corrected chi connectivity index (χ2v) is 6.33. The van der Waals surface area contributed by atoms with Crippen LogP contribution in [0.4, 0.5) is 5.69 Å². The number of benzene rings is 2. The Bertz CT molecular complexity index is 984. The van der Waals surface area contributed by atoms with E-state index in [0.717, 1.165) is 0 Å². The third-order valence-corrected chi connectivity index (χ3v) is 3.93. The first-order valence-corrected chi connectivity index (χ1v) is 8.34. The zero-order valence-electron chi connectivity index (χ0n) is 13.8. The van der Waals surface area contributed by atoms with Crippen LogP contribution in [0.5, 0.6) is 0 Å². The first-order chi connectivity index (χ1) is 12.8. The van der Waals surface area contributed by atoms with Crippen LogP contribution in [0, 0.1) is 10.1 Å². The summed E-state index contributed by atoms with van der Waals surface area (Å²) in [4.78, 5) is 22.4. The van der Waals surface area contributed by atoms with Crippen LogP contribution in [0.2, 0.25) is 10.0 Å². The largest absolute Gasteiger partial charge is 0.449 e. The maximum Gasteiger partial charge on any atom is 0.339 e. The Morgan fingerprint density at radius 2 is 1.78 bits per heavy atom. The van der Waals surface area contributed by atoms with Gasteiger partial charge in [-0.3, -0.25) is 10.1 Å². The van der Waals surface area contributed by atoms with E-state index in [9.17, 15) is 14.9 Å². The van der Waals surface area contributed by atoms with E-state index in [-0.39, 0.29) is 23.0 Å². The summed E-state index contributed by atoms with van der Waals surface area (Å²) in [6, 6.07) is 9.98. The molecule has 2 aromatic carbocycles. The monoisotopic (exact) mass is 407 g/mol. The van der Waals surface area contributed by atoms with Gasteiger partial charge in [-0.05, 0) is 37.3 Å². The van der Waals surface area contributed by atoms with E-state index in [2.05, 4.69) is 10.2 Å². The molecule has 1 atom stereocenters. The Hall–Kier alpha value is -2.97. The molecule has 1 aromatic heterocycles. The van der Waals surface area contributed by atoms with Crippen molar-refractivity contribution < 1.29 is 18.9 Å². The summed E-state index contributed by atoms with van der Waals surface area (Å²) in [5, 5.41) is 19.0. The van der Waals surface area contributed by atoms with Crippen molar-refractivity contribution in [3.05, 3.63) is 74.1 Å². The van der Waals surface area contributed by atoms with Gasteiger partial charge in [0.05, 0.1) is 10.5 Å². The van der Waals surface area contributed by atoms with Crippen molar-refractivity contribution in [3.63, 3.8) is 0 Å². The van der Waals surface area contributed by atoms with Crippen molar-refractivity contribution in [2.45, 2.75) is 13.0 Å². The third kappa shape index (κ3) is 4.42. The number of nitrogens with zero attached hydrogens (tertiary/aromatic N) is 3. The van der Waals surface area contributed by atoms with Crippen LogP contribution >= 0.6 is 23.2 Å². The SMILES string of the molecule is C[C@@H](OC(=O)c1cc(Cl)cc(Cl)c1)c1nnc(-c2ccc([N+](=O)[O-])cc2)o1. The highest BCUT2D eigenvalue weighted by atomic mass is 35.5. The number of carbonyl (C=O) groups is 1. The summed E-state index contributed by atoms with van der Waals surface area (Å²) in [7, 11) is 0. The van der Waals surface area contributed by atoms with Crippen molar-refractivity contribution in [1.82, 2.24) is 10.2 Å². The number of ether oxygens (including phenoxy) is 1. The van der Waals surface area contributed by atoms with Crippen molar-refractivity contribution in [1.29, 1.82) is 0 Å². The van der Waals surface area contributed by atoms with Gasteiger partial charge in [0.15, 0.2) is 6.10 Å². The van der Waals surface area contributed by atoms with Crippen molar-refractivity contribution in [2.75, 3.05) is 0 Å². The van der Waals surface area contributed by atoms with Crippen LogP contribution in [0.15, 0.2) is 46.9 Å². The van der Waals surface area contributed by atoms with Gasteiger partial charge in [-0.1, -0.05) is 23.2 Å². The summed E-state index contributed by atoms with van der Waals surface area (Å²) in [5.41, 5.74) is 0.634. The van der Waals surface area contributed by atoms with Gasteiger partial charge < -0.3 is 9.15 Å². The van der Waals surface area contributed by atoms with E-state index in [1.165, 1.54) is 42.5 Å². The molecule has 0 aliphatic rings. The maximum atomic E-state index is 12.2. The zero-order chi connectivity index (χ0) is 19.6. The molecular formula is C17H11Cl2N3O5. The molecular weight excluding hydrogens is 397 g/mol. The molecule has 0 unspecified atom stereocenters. The minimum Gasteiger partial charge on any atom is -0.449 e. The lowest BCUT2D eigenvalue weighted by Crippen LogP contribution is -2.09. The third-order valence-electron chi connectivity index (χ3n) is 3.50. The number of halogens is 2. The van der Waals surface area contributed by atoms with Gasteiger partial charge >= 0.3 is 5.97 Å². The highest BCUT2D eigenvalue weighted by molar-refractivity contribution is 6.35. The molecule has 0 aliphatic heterocycles. The molecule has 0 aliphatic carbocycles. The van der Waals surface area contributed by atoms with Crippen LogP contribution in [0.1, 0.15) is 29.3 Å². The van der Waals surface area contributed by atoms with Gasteiger partial charge in [0, 0.05) is 27.7 Å². The van der Waals surface area contributed by atoms with Gasteiger partial charge in [-0.25, -0.2) is 4.79 Å². The number of aromatic nitrogens is 2. The lowest BCUT2D eigenvalue weighted by Gasteiger charge is -2.09. The molecule has 10 heteroatoms. The molecule has 138 valence electrons. The Morgan fingerprint density at radius 3 is 2.37 bits per heavy atom. The van der Waals surface area contributed by atoms with Crippen LogP contribution < -0.4 is 0 Å². The average Bonchev–Trinajstić information content (AvgIpc) is 3.11. The number of non-ortho nitro benzene ring substituents is 1. The maximum absolute atomic E-state index is 12.2. The van der Waals surface area contributed by atoms with Gasteiger partial charge in [0.2, 0.25) is 5.89 Å². The molecule has 0 fully saturated rings. The van der Waals surface area contributed by atoms with Crippen LogP contribution in [0.3, 0.4) is 0 Å². The Labute approximate surface area is 162 Å². The molecule has 0 spiro atoms. The second-order valence-electron chi connectivity index (χ2n) is 5.46. The van der Waals surface area contributed by atoms with Gasteiger partial charge in [0.25, 0.3) is 11.6 Å². The van der Waals surface area contributed by atoms with Gasteiger partial charge in [-0.15, -0.1) is 10.2 Å². The number of hydrogen-bond acceptors (Lipinski definition) is 7. The van der Waals surface area contributed by atoms with Gasteiger partial charge in [0.1, 0.15) is 0 Å². The fraction of sp³-hybridized carbons (Fsp3) is 0.118. The predicted molar refractivity (Wildman–Crippen MR) is 96.7 cm³/mol. The molecule has 0 amide bonds. The van der Waals surface area contributed by atoms with Crippen molar-refractivity contribution in [2.24, 2.45) is 0 Å².